The van der Waals surface area contributed by atoms with Gasteiger partial charge >= 0.3 is 0 Å². The maximum atomic E-state index is 10.9. The third-order valence-corrected chi connectivity index (χ3v) is 4.78. The molecule has 2 nitrogen and oxygen atoms in total. The van der Waals surface area contributed by atoms with Gasteiger partial charge in [-0.3, -0.25) is 4.90 Å². The van der Waals surface area contributed by atoms with Crippen molar-refractivity contribution in [1.82, 2.24) is 4.90 Å². The smallest absolute Gasteiger partial charge is 0.0777 e. The molecule has 0 bridgehead atoms. The monoisotopic (exact) mass is 323 g/mol. The van der Waals surface area contributed by atoms with E-state index in [0.29, 0.717) is 0 Å². The fraction of sp³-hybridized carbons (Fsp3) is 0.364. The first-order valence-corrected chi connectivity index (χ1v) is 8.57. The van der Waals surface area contributed by atoms with Gasteiger partial charge in [-0.25, -0.2) is 0 Å². The second-order valence-corrected chi connectivity index (χ2v) is 7.09. The summed E-state index contributed by atoms with van der Waals surface area (Å²) in [6, 6.07) is 20.9. The summed E-state index contributed by atoms with van der Waals surface area (Å²) in [6.45, 7) is 11.7. The molecule has 0 spiro atoms. The van der Waals surface area contributed by atoms with Gasteiger partial charge in [0.15, 0.2) is 0 Å². The van der Waals surface area contributed by atoms with Gasteiger partial charge in [-0.2, -0.15) is 0 Å². The molecular formula is C22H29NO. The van der Waals surface area contributed by atoms with Crippen LogP contribution in [0.25, 0.3) is 0 Å². The maximum absolute atomic E-state index is 10.9. The molecule has 0 fully saturated rings. The molecule has 0 unspecified atom stereocenters. The van der Waals surface area contributed by atoms with Gasteiger partial charge < -0.3 is 5.11 Å². The maximum Gasteiger partial charge on any atom is 0.0777 e. The highest BCUT2D eigenvalue weighted by Crippen LogP contribution is 2.28. The number of hydrogen-bond donors (Lipinski definition) is 1. The Labute approximate surface area is 146 Å². The SMILES string of the molecule is C=CC(C)(C)[C@@H](O)[C@H](C)N(Cc1ccccc1)Cc1ccccc1. The van der Waals surface area contributed by atoms with Crippen LogP contribution in [0, 0.1) is 5.41 Å². The van der Waals surface area contributed by atoms with Crippen molar-refractivity contribution in [2.45, 2.75) is 46.0 Å². The number of rotatable bonds is 8. The molecule has 2 heteroatoms. The average molecular weight is 323 g/mol. The molecule has 0 aliphatic heterocycles. The highest BCUT2D eigenvalue weighted by atomic mass is 16.3. The van der Waals surface area contributed by atoms with E-state index in [-0.39, 0.29) is 11.5 Å². The Bertz CT molecular complexity index is 579. The Morgan fingerprint density at radius 2 is 1.38 bits per heavy atom. The molecule has 0 saturated heterocycles. The van der Waals surface area contributed by atoms with Crippen LogP contribution in [0.3, 0.4) is 0 Å². The predicted molar refractivity (Wildman–Crippen MR) is 102 cm³/mol. The Hall–Kier alpha value is -1.90. The minimum absolute atomic E-state index is 0.0124. The molecule has 0 radical (unpaired) electrons. The summed E-state index contributed by atoms with van der Waals surface area (Å²) in [4.78, 5) is 2.33. The van der Waals surface area contributed by atoms with Crippen LogP contribution in [-0.4, -0.2) is 22.2 Å². The largest absolute Gasteiger partial charge is 0.391 e. The van der Waals surface area contributed by atoms with E-state index in [1.54, 1.807) is 0 Å². The lowest BCUT2D eigenvalue weighted by Gasteiger charge is -2.38. The molecule has 2 aromatic rings. The highest BCUT2D eigenvalue weighted by molar-refractivity contribution is 5.17. The van der Waals surface area contributed by atoms with E-state index in [1.807, 2.05) is 32.1 Å². The van der Waals surface area contributed by atoms with Crippen molar-refractivity contribution in [2.24, 2.45) is 5.41 Å². The van der Waals surface area contributed by atoms with Crippen LogP contribution in [0.2, 0.25) is 0 Å². The lowest BCUT2D eigenvalue weighted by Crippen LogP contribution is -2.47. The third-order valence-electron chi connectivity index (χ3n) is 4.78. The summed E-state index contributed by atoms with van der Waals surface area (Å²) < 4.78 is 0. The van der Waals surface area contributed by atoms with Crippen molar-refractivity contribution >= 4 is 0 Å². The van der Waals surface area contributed by atoms with Crippen molar-refractivity contribution in [1.29, 1.82) is 0 Å². The van der Waals surface area contributed by atoms with Crippen molar-refractivity contribution in [3.63, 3.8) is 0 Å². The Morgan fingerprint density at radius 3 is 1.75 bits per heavy atom. The lowest BCUT2D eigenvalue weighted by molar-refractivity contribution is -0.00646. The zero-order valence-corrected chi connectivity index (χ0v) is 15.0. The zero-order chi connectivity index (χ0) is 17.6. The van der Waals surface area contributed by atoms with Crippen LogP contribution in [-0.2, 0) is 13.1 Å². The molecule has 0 saturated carbocycles. The van der Waals surface area contributed by atoms with Crippen LogP contribution in [0.4, 0.5) is 0 Å². The van der Waals surface area contributed by atoms with E-state index >= 15 is 0 Å². The van der Waals surface area contributed by atoms with E-state index in [1.165, 1.54) is 11.1 Å². The number of hydrogen-bond acceptors (Lipinski definition) is 2. The minimum atomic E-state index is -0.484. The molecule has 1 N–H and O–H groups in total. The molecule has 128 valence electrons. The van der Waals surface area contributed by atoms with Gasteiger partial charge in [-0.15, -0.1) is 6.58 Å². The molecule has 2 aromatic carbocycles. The molecule has 24 heavy (non-hydrogen) atoms. The van der Waals surface area contributed by atoms with Gasteiger partial charge in [0.25, 0.3) is 0 Å². The predicted octanol–water partition coefficient (Wildman–Crippen LogP) is 4.65. The summed E-state index contributed by atoms with van der Waals surface area (Å²) in [5.74, 6) is 0. The van der Waals surface area contributed by atoms with Gasteiger partial charge in [0.2, 0.25) is 0 Å². The highest BCUT2D eigenvalue weighted by Gasteiger charge is 2.32. The van der Waals surface area contributed by atoms with Crippen LogP contribution in [0.15, 0.2) is 73.3 Å². The average Bonchev–Trinajstić information content (AvgIpc) is 2.61. The number of benzene rings is 2. The van der Waals surface area contributed by atoms with Gasteiger partial charge in [-0.05, 0) is 18.1 Å². The topological polar surface area (TPSA) is 23.5 Å². The van der Waals surface area contributed by atoms with Crippen molar-refractivity contribution in [3.8, 4) is 0 Å². The van der Waals surface area contributed by atoms with Gasteiger partial charge in [0, 0.05) is 24.5 Å². The number of aliphatic hydroxyl groups is 1. The second kappa shape index (κ2) is 8.27. The normalized spacial score (nSPS) is 14.4. The first-order valence-electron chi connectivity index (χ1n) is 8.57. The fourth-order valence-corrected chi connectivity index (χ4v) is 2.92. The van der Waals surface area contributed by atoms with Gasteiger partial charge in [0.05, 0.1) is 6.10 Å². The Morgan fingerprint density at radius 1 is 0.958 bits per heavy atom. The van der Waals surface area contributed by atoms with E-state index in [0.717, 1.165) is 13.1 Å². The molecule has 0 aliphatic rings. The number of nitrogens with zero attached hydrogens (tertiary/aromatic N) is 1. The Balaban J connectivity index is 2.22. The van der Waals surface area contributed by atoms with Crippen LogP contribution in [0.1, 0.15) is 31.9 Å². The quantitative estimate of drug-likeness (QED) is 0.715. The standard InChI is InChI=1S/C22H29NO/c1-5-22(3,4)21(24)18(2)23(16-19-12-8-6-9-13-19)17-20-14-10-7-11-15-20/h5-15,18,21,24H,1,16-17H2,2-4H3/t18-,21-/m0/s1. The van der Waals surface area contributed by atoms with E-state index in [2.05, 4.69) is 66.9 Å². The third kappa shape index (κ3) is 4.80. The van der Waals surface area contributed by atoms with E-state index in [4.69, 9.17) is 0 Å². The van der Waals surface area contributed by atoms with Gasteiger partial charge in [0.1, 0.15) is 0 Å². The fourth-order valence-electron chi connectivity index (χ4n) is 2.92. The molecular weight excluding hydrogens is 294 g/mol. The van der Waals surface area contributed by atoms with Crippen LogP contribution >= 0.6 is 0 Å². The molecule has 0 aromatic heterocycles. The summed E-state index contributed by atoms with van der Waals surface area (Å²) >= 11 is 0. The lowest BCUT2D eigenvalue weighted by atomic mass is 9.82. The molecule has 2 atom stereocenters. The first-order chi connectivity index (χ1) is 11.4. The molecule has 0 amide bonds. The van der Waals surface area contributed by atoms with Crippen molar-refractivity contribution in [2.75, 3.05) is 0 Å². The second-order valence-electron chi connectivity index (χ2n) is 7.09. The molecule has 0 heterocycles. The minimum Gasteiger partial charge on any atom is -0.391 e. The van der Waals surface area contributed by atoms with E-state index in [9.17, 15) is 5.11 Å². The van der Waals surface area contributed by atoms with Gasteiger partial charge in [-0.1, -0.05) is 80.6 Å². The summed E-state index contributed by atoms with van der Waals surface area (Å²) in [7, 11) is 0. The van der Waals surface area contributed by atoms with Crippen molar-refractivity contribution < 1.29 is 5.11 Å². The number of aliphatic hydroxyl groups excluding tert-OH is 1. The Kier molecular flexibility index (Phi) is 6.36. The first kappa shape index (κ1) is 18.4. The summed E-state index contributed by atoms with van der Waals surface area (Å²) in [5.41, 5.74) is 2.18. The molecule has 0 aliphatic carbocycles. The van der Waals surface area contributed by atoms with Crippen LogP contribution < -0.4 is 0 Å². The van der Waals surface area contributed by atoms with E-state index < -0.39 is 6.10 Å². The zero-order valence-electron chi connectivity index (χ0n) is 15.0. The van der Waals surface area contributed by atoms with Crippen LogP contribution in [0.5, 0.6) is 0 Å². The summed E-state index contributed by atoms with van der Waals surface area (Å²) in [5, 5.41) is 10.9. The summed E-state index contributed by atoms with van der Waals surface area (Å²) in [6.07, 6.45) is 1.36. The molecule has 2 rings (SSSR count). The van der Waals surface area contributed by atoms with Crippen molar-refractivity contribution in [3.05, 3.63) is 84.4 Å².